The fraction of sp³-hybridized carbons (Fsp3) is 0.357. The van der Waals surface area contributed by atoms with Crippen LogP contribution < -0.4 is 10.2 Å². The average Bonchev–Trinajstić information content (AvgIpc) is 2.92. The molecule has 6 nitrogen and oxygen atoms in total. The maximum atomic E-state index is 11.5. The van der Waals surface area contributed by atoms with Crippen molar-refractivity contribution in [3.8, 4) is 0 Å². The summed E-state index contributed by atoms with van der Waals surface area (Å²) in [5.74, 6) is -0.718. The van der Waals surface area contributed by atoms with Crippen LogP contribution >= 0.6 is 0 Å². The zero-order chi connectivity index (χ0) is 14.5. The second kappa shape index (κ2) is 6.18. The highest BCUT2D eigenvalue weighted by Gasteiger charge is 2.14. The molecule has 2 rings (SSSR count). The summed E-state index contributed by atoms with van der Waals surface area (Å²) in [4.78, 5) is 28.5. The number of carboxylic acids is 1. The first-order valence-electron chi connectivity index (χ1n) is 6.51. The third kappa shape index (κ3) is 3.57. The Balaban J connectivity index is 2.05. The SMILES string of the molecule is Cc1nc(N2CCCC2)ccc1NC(=O)/C=C/C(=O)O. The van der Waals surface area contributed by atoms with Gasteiger partial charge >= 0.3 is 5.97 Å². The van der Waals surface area contributed by atoms with E-state index in [0.29, 0.717) is 11.4 Å². The van der Waals surface area contributed by atoms with Gasteiger partial charge in [-0.25, -0.2) is 9.78 Å². The van der Waals surface area contributed by atoms with Gasteiger partial charge in [0.15, 0.2) is 0 Å². The highest BCUT2D eigenvalue weighted by Crippen LogP contribution is 2.21. The van der Waals surface area contributed by atoms with E-state index in [0.717, 1.165) is 31.1 Å². The number of anilines is 2. The molecule has 1 fully saturated rings. The Hall–Kier alpha value is -2.37. The zero-order valence-electron chi connectivity index (χ0n) is 11.3. The molecule has 1 aliphatic rings. The monoisotopic (exact) mass is 275 g/mol. The molecule has 1 amide bonds. The molecule has 0 spiro atoms. The van der Waals surface area contributed by atoms with Gasteiger partial charge in [-0.05, 0) is 31.9 Å². The van der Waals surface area contributed by atoms with E-state index in [2.05, 4.69) is 15.2 Å². The van der Waals surface area contributed by atoms with Crippen LogP contribution in [0.4, 0.5) is 11.5 Å². The van der Waals surface area contributed by atoms with Crippen LogP contribution in [-0.2, 0) is 9.59 Å². The van der Waals surface area contributed by atoms with Crippen LogP contribution in [0.5, 0.6) is 0 Å². The van der Waals surface area contributed by atoms with Crippen LogP contribution in [0.15, 0.2) is 24.3 Å². The summed E-state index contributed by atoms with van der Waals surface area (Å²) in [5.41, 5.74) is 1.31. The van der Waals surface area contributed by atoms with Gasteiger partial charge in [-0.2, -0.15) is 0 Å². The fourth-order valence-corrected chi connectivity index (χ4v) is 2.12. The van der Waals surface area contributed by atoms with E-state index in [9.17, 15) is 9.59 Å². The molecule has 2 N–H and O–H groups in total. The number of aliphatic carboxylic acids is 1. The Bertz CT molecular complexity index is 549. The highest BCUT2D eigenvalue weighted by atomic mass is 16.4. The molecule has 20 heavy (non-hydrogen) atoms. The summed E-state index contributed by atoms with van der Waals surface area (Å²) in [6.07, 6.45) is 4.14. The second-order valence-electron chi connectivity index (χ2n) is 4.66. The minimum atomic E-state index is -1.15. The third-order valence-corrected chi connectivity index (χ3v) is 3.14. The third-order valence-electron chi connectivity index (χ3n) is 3.14. The summed E-state index contributed by atoms with van der Waals surface area (Å²) >= 11 is 0. The van der Waals surface area contributed by atoms with E-state index in [1.165, 1.54) is 12.8 Å². The Labute approximate surface area is 117 Å². The van der Waals surface area contributed by atoms with Gasteiger partial charge < -0.3 is 15.3 Å². The molecule has 1 aliphatic heterocycles. The summed E-state index contributed by atoms with van der Waals surface area (Å²) in [5, 5.41) is 11.1. The average molecular weight is 275 g/mol. The molecule has 1 saturated heterocycles. The number of carbonyl (C=O) groups is 2. The van der Waals surface area contributed by atoms with Crippen LogP contribution in [0.3, 0.4) is 0 Å². The second-order valence-corrected chi connectivity index (χ2v) is 4.66. The van der Waals surface area contributed by atoms with Crippen LogP contribution in [0.25, 0.3) is 0 Å². The first kappa shape index (κ1) is 14.0. The number of aryl methyl sites for hydroxylation is 1. The molecule has 0 saturated carbocycles. The van der Waals surface area contributed by atoms with Crippen molar-refractivity contribution in [2.45, 2.75) is 19.8 Å². The van der Waals surface area contributed by atoms with Crippen molar-refractivity contribution >= 4 is 23.4 Å². The number of nitrogens with zero attached hydrogens (tertiary/aromatic N) is 2. The van der Waals surface area contributed by atoms with Gasteiger partial charge in [0.1, 0.15) is 5.82 Å². The molecule has 1 aromatic rings. The molecule has 0 unspecified atom stereocenters. The van der Waals surface area contributed by atoms with Crippen molar-refractivity contribution in [3.05, 3.63) is 30.0 Å². The number of aromatic nitrogens is 1. The van der Waals surface area contributed by atoms with Gasteiger partial charge in [0, 0.05) is 25.2 Å². The molecular formula is C14H17N3O3. The maximum absolute atomic E-state index is 11.5. The minimum absolute atomic E-state index is 0.480. The van der Waals surface area contributed by atoms with Crippen LogP contribution in [0, 0.1) is 6.92 Å². The number of hydrogen-bond donors (Lipinski definition) is 2. The number of amides is 1. The summed E-state index contributed by atoms with van der Waals surface area (Å²) in [7, 11) is 0. The highest BCUT2D eigenvalue weighted by molar-refractivity contribution is 6.02. The van der Waals surface area contributed by atoms with E-state index in [1.54, 1.807) is 6.07 Å². The molecule has 106 valence electrons. The molecule has 0 radical (unpaired) electrons. The van der Waals surface area contributed by atoms with Crippen LogP contribution in [0.2, 0.25) is 0 Å². The quantitative estimate of drug-likeness (QED) is 0.815. The van der Waals surface area contributed by atoms with Crippen LogP contribution in [0.1, 0.15) is 18.5 Å². The lowest BCUT2D eigenvalue weighted by molar-refractivity contribution is -0.131. The smallest absolute Gasteiger partial charge is 0.328 e. The predicted octanol–water partition coefficient (Wildman–Crippen LogP) is 1.57. The van der Waals surface area contributed by atoms with Gasteiger partial charge in [0.25, 0.3) is 0 Å². The van der Waals surface area contributed by atoms with E-state index < -0.39 is 11.9 Å². The lowest BCUT2D eigenvalue weighted by Crippen LogP contribution is -2.19. The summed E-state index contributed by atoms with van der Waals surface area (Å²) in [6.45, 7) is 3.84. The first-order chi connectivity index (χ1) is 9.56. The molecule has 0 aliphatic carbocycles. The molecule has 0 aromatic carbocycles. The number of carbonyl (C=O) groups excluding carboxylic acids is 1. The molecule has 2 heterocycles. The van der Waals surface area contributed by atoms with E-state index in [1.807, 2.05) is 13.0 Å². The lowest BCUT2D eigenvalue weighted by Gasteiger charge is -2.17. The normalized spacial score (nSPS) is 14.8. The zero-order valence-corrected chi connectivity index (χ0v) is 11.3. The van der Waals surface area contributed by atoms with Crippen molar-refractivity contribution < 1.29 is 14.7 Å². The van der Waals surface area contributed by atoms with Crippen molar-refractivity contribution in [3.63, 3.8) is 0 Å². The summed E-state index contributed by atoms with van der Waals surface area (Å²) < 4.78 is 0. The van der Waals surface area contributed by atoms with Crippen molar-refractivity contribution in [1.82, 2.24) is 4.98 Å². The minimum Gasteiger partial charge on any atom is -0.478 e. The Morgan fingerprint density at radius 2 is 2.00 bits per heavy atom. The largest absolute Gasteiger partial charge is 0.478 e. The van der Waals surface area contributed by atoms with Crippen molar-refractivity contribution in [2.24, 2.45) is 0 Å². The predicted molar refractivity (Wildman–Crippen MR) is 75.8 cm³/mol. The number of nitrogens with one attached hydrogen (secondary N) is 1. The Kier molecular flexibility index (Phi) is 4.34. The maximum Gasteiger partial charge on any atom is 0.328 e. The molecular weight excluding hydrogens is 258 g/mol. The first-order valence-corrected chi connectivity index (χ1v) is 6.51. The number of pyridine rings is 1. The standard InChI is InChI=1S/C14H17N3O3/c1-10-11(16-13(18)6-7-14(19)20)4-5-12(15-10)17-8-2-3-9-17/h4-7H,2-3,8-9H2,1H3,(H,16,18)(H,19,20)/b7-6+. The van der Waals surface area contributed by atoms with Gasteiger partial charge in [0.2, 0.25) is 5.91 Å². The van der Waals surface area contributed by atoms with E-state index in [-0.39, 0.29) is 0 Å². The number of carboxylic acid groups (broad SMARTS) is 1. The van der Waals surface area contributed by atoms with Crippen molar-refractivity contribution in [1.29, 1.82) is 0 Å². The topological polar surface area (TPSA) is 82.5 Å². The van der Waals surface area contributed by atoms with Gasteiger partial charge in [-0.1, -0.05) is 0 Å². The fourth-order valence-electron chi connectivity index (χ4n) is 2.12. The molecule has 0 atom stereocenters. The Morgan fingerprint density at radius 1 is 1.30 bits per heavy atom. The summed E-state index contributed by atoms with van der Waals surface area (Å²) in [6, 6.07) is 3.66. The van der Waals surface area contributed by atoms with Crippen molar-refractivity contribution in [2.75, 3.05) is 23.3 Å². The van der Waals surface area contributed by atoms with Gasteiger partial charge in [-0.3, -0.25) is 4.79 Å². The number of hydrogen-bond acceptors (Lipinski definition) is 4. The van der Waals surface area contributed by atoms with Gasteiger partial charge in [0.05, 0.1) is 11.4 Å². The number of rotatable bonds is 4. The molecule has 6 heteroatoms. The van der Waals surface area contributed by atoms with Gasteiger partial charge in [-0.15, -0.1) is 0 Å². The molecule has 0 bridgehead atoms. The van der Waals surface area contributed by atoms with E-state index >= 15 is 0 Å². The van der Waals surface area contributed by atoms with Crippen LogP contribution in [-0.4, -0.2) is 35.1 Å². The molecule has 1 aromatic heterocycles. The lowest BCUT2D eigenvalue weighted by atomic mass is 10.3. The Morgan fingerprint density at radius 3 is 2.60 bits per heavy atom. The van der Waals surface area contributed by atoms with E-state index in [4.69, 9.17) is 5.11 Å².